The van der Waals surface area contributed by atoms with Gasteiger partial charge in [0.1, 0.15) is 0 Å². The summed E-state index contributed by atoms with van der Waals surface area (Å²) in [6.45, 7) is -0.100. The molecule has 1 aromatic carbocycles. The smallest absolute Gasteiger partial charge is 0.237 e. The molecule has 1 aromatic heterocycles. The molecule has 0 fully saturated rings. The molecule has 1 heterocycles. The van der Waals surface area contributed by atoms with Crippen molar-refractivity contribution in [2.75, 3.05) is 13.7 Å². The average Bonchev–Trinajstić information content (AvgIpc) is 2.95. The molecule has 2 unspecified atom stereocenters. The fourth-order valence-corrected chi connectivity index (χ4v) is 2.45. The molecule has 6 nitrogen and oxygen atoms in total. The number of nitrogens with one attached hydrogen (secondary N) is 3. The quantitative estimate of drug-likeness (QED) is 0.563. The summed E-state index contributed by atoms with van der Waals surface area (Å²) >= 11 is 0. The monoisotopic (exact) mass is 302 g/mol. The van der Waals surface area contributed by atoms with Crippen LogP contribution in [0.1, 0.15) is 12.0 Å². The van der Waals surface area contributed by atoms with Crippen LogP contribution >= 0.6 is 0 Å². The van der Waals surface area contributed by atoms with Crippen molar-refractivity contribution >= 4 is 23.1 Å². The predicted octanol–water partition coefficient (Wildman–Crippen LogP) is 0.275. The number of hydrogen-bond donors (Lipinski definition) is 4. The summed E-state index contributed by atoms with van der Waals surface area (Å²) in [4.78, 5) is 26.3. The second-order valence-corrected chi connectivity index (χ2v) is 5.10. The van der Waals surface area contributed by atoms with Gasteiger partial charge in [0.15, 0.2) is 0 Å². The van der Waals surface area contributed by atoms with Gasteiger partial charge in [-0.1, -0.05) is 18.2 Å². The molecule has 22 heavy (non-hydrogen) atoms. The van der Waals surface area contributed by atoms with Crippen LogP contribution in [0, 0.1) is 0 Å². The highest BCUT2D eigenvalue weighted by molar-refractivity contribution is 5.86. The first-order valence-corrected chi connectivity index (χ1v) is 7.20. The summed E-state index contributed by atoms with van der Waals surface area (Å²) in [6, 6.07) is 6.53. The summed E-state index contributed by atoms with van der Waals surface area (Å²) in [7, 11) is 1.64. The van der Waals surface area contributed by atoms with Crippen LogP contribution in [-0.4, -0.2) is 48.0 Å². The van der Waals surface area contributed by atoms with Crippen LogP contribution in [0.5, 0.6) is 0 Å². The van der Waals surface area contributed by atoms with E-state index in [1.165, 1.54) is 0 Å². The summed E-state index contributed by atoms with van der Waals surface area (Å²) in [5.74, 6) is -0.315. The van der Waals surface area contributed by atoms with Crippen molar-refractivity contribution < 1.29 is 14.7 Å². The van der Waals surface area contributed by atoms with Crippen molar-refractivity contribution in [3.63, 3.8) is 0 Å². The Bertz CT molecular complexity index is 638. The molecule has 0 spiro atoms. The van der Waals surface area contributed by atoms with Crippen LogP contribution < -0.4 is 10.6 Å². The number of amides is 1. The van der Waals surface area contributed by atoms with E-state index in [4.69, 9.17) is 5.11 Å². The van der Waals surface area contributed by atoms with Gasteiger partial charge < -0.3 is 20.7 Å². The summed E-state index contributed by atoms with van der Waals surface area (Å²) in [6.07, 6.45) is 4.37. The van der Waals surface area contributed by atoms with Gasteiger partial charge in [-0.15, -0.1) is 0 Å². The first kappa shape index (κ1) is 16.2. The number of fused-ring (bicyclic) bond motifs is 1. The van der Waals surface area contributed by atoms with E-state index in [1.807, 2.05) is 36.7 Å². The number of rotatable bonds is 8. The molecular weight excluding hydrogens is 282 g/mol. The SMILES string of the molecule is CNC(CCO)C(=O)NC([C]=O)Cc1c[nH]c2ccccc12. The molecular formula is C16H20N3O3. The number of aliphatic hydroxyl groups excluding tert-OH is 1. The minimum atomic E-state index is -0.721. The third kappa shape index (κ3) is 3.72. The molecule has 0 aliphatic carbocycles. The number of para-hydroxylation sites is 1. The highest BCUT2D eigenvalue weighted by Gasteiger charge is 2.20. The van der Waals surface area contributed by atoms with E-state index in [2.05, 4.69) is 15.6 Å². The lowest BCUT2D eigenvalue weighted by Crippen LogP contribution is -2.48. The maximum atomic E-state index is 12.1. The molecule has 4 N–H and O–H groups in total. The van der Waals surface area contributed by atoms with E-state index in [0.717, 1.165) is 16.5 Å². The fraction of sp³-hybridized carbons (Fsp3) is 0.375. The molecule has 117 valence electrons. The van der Waals surface area contributed by atoms with Crippen LogP contribution in [-0.2, 0) is 16.0 Å². The van der Waals surface area contributed by atoms with Gasteiger partial charge in [0.25, 0.3) is 0 Å². The zero-order valence-corrected chi connectivity index (χ0v) is 12.4. The second kappa shape index (κ2) is 7.72. The Hall–Kier alpha value is -2.18. The Labute approximate surface area is 128 Å². The molecule has 0 aliphatic rings. The maximum absolute atomic E-state index is 12.1. The van der Waals surface area contributed by atoms with Crippen molar-refractivity contribution in [3.05, 3.63) is 36.0 Å². The van der Waals surface area contributed by atoms with Crippen LogP contribution in [0.25, 0.3) is 10.9 Å². The molecule has 0 aliphatic heterocycles. The number of aromatic amines is 1. The lowest BCUT2D eigenvalue weighted by molar-refractivity contribution is -0.123. The third-order valence-corrected chi connectivity index (χ3v) is 3.64. The van der Waals surface area contributed by atoms with Gasteiger partial charge >= 0.3 is 0 Å². The van der Waals surface area contributed by atoms with Crippen LogP contribution in [0.15, 0.2) is 30.5 Å². The van der Waals surface area contributed by atoms with Gasteiger partial charge in [-0.25, -0.2) is 0 Å². The Morgan fingerprint density at radius 1 is 1.41 bits per heavy atom. The number of H-pyrrole nitrogens is 1. The minimum absolute atomic E-state index is 0.100. The molecule has 0 saturated carbocycles. The maximum Gasteiger partial charge on any atom is 0.237 e. The number of aliphatic hydroxyl groups is 1. The number of benzene rings is 1. The zero-order valence-electron chi connectivity index (χ0n) is 12.4. The van der Waals surface area contributed by atoms with Gasteiger partial charge in [-0.2, -0.15) is 0 Å². The molecule has 0 bridgehead atoms. The zero-order chi connectivity index (χ0) is 15.9. The Morgan fingerprint density at radius 3 is 2.86 bits per heavy atom. The number of carbonyl (C=O) groups excluding carboxylic acids is 2. The number of likely N-dealkylation sites (N-methyl/N-ethyl adjacent to an activating group) is 1. The Morgan fingerprint density at radius 2 is 2.18 bits per heavy atom. The van der Waals surface area contributed by atoms with Gasteiger partial charge in [-0.05, 0) is 25.1 Å². The van der Waals surface area contributed by atoms with Crippen molar-refractivity contribution in [3.8, 4) is 0 Å². The number of carbonyl (C=O) groups is 1. The van der Waals surface area contributed by atoms with Gasteiger partial charge in [0, 0.05) is 30.1 Å². The van der Waals surface area contributed by atoms with E-state index < -0.39 is 12.1 Å². The van der Waals surface area contributed by atoms with Gasteiger partial charge in [0.2, 0.25) is 12.2 Å². The van der Waals surface area contributed by atoms with E-state index in [-0.39, 0.29) is 12.5 Å². The summed E-state index contributed by atoms with van der Waals surface area (Å²) < 4.78 is 0. The normalized spacial score (nSPS) is 13.7. The topological polar surface area (TPSA) is 94.2 Å². The number of hydrogen-bond acceptors (Lipinski definition) is 4. The minimum Gasteiger partial charge on any atom is -0.396 e. The van der Waals surface area contributed by atoms with Crippen LogP contribution in [0.2, 0.25) is 0 Å². The molecule has 2 aromatic rings. The molecule has 2 rings (SSSR count). The van der Waals surface area contributed by atoms with Crippen molar-refractivity contribution in [1.29, 1.82) is 0 Å². The standard InChI is InChI=1S/C16H20N3O3/c1-17-15(6-7-20)16(22)19-12(10-21)8-11-9-18-14-5-3-2-4-13(11)14/h2-5,9,12,15,17-18,20H,6-8H2,1H3,(H,19,22). The average molecular weight is 302 g/mol. The predicted molar refractivity (Wildman–Crippen MR) is 84.2 cm³/mol. The van der Waals surface area contributed by atoms with E-state index in [9.17, 15) is 9.59 Å². The molecule has 6 heteroatoms. The van der Waals surface area contributed by atoms with Crippen molar-refractivity contribution in [1.82, 2.24) is 15.6 Å². The molecule has 1 amide bonds. The van der Waals surface area contributed by atoms with E-state index >= 15 is 0 Å². The lowest BCUT2D eigenvalue weighted by Gasteiger charge is -2.18. The van der Waals surface area contributed by atoms with Crippen molar-refractivity contribution in [2.45, 2.75) is 24.9 Å². The second-order valence-electron chi connectivity index (χ2n) is 5.10. The highest BCUT2D eigenvalue weighted by atomic mass is 16.3. The fourth-order valence-electron chi connectivity index (χ4n) is 2.45. The molecule has 1 radical (unpaired) electrons. The largest absolute Gasteiger partial charge is 0.396 e. The summed E-state index contributed by atoms with van der Waals surface area (Å²) in [5, 5.41) is 15.4. The Balaban J connectivity index is 2.06. The van der Waals surface area contributed by atoms with E-state index in [0.29, 0.717) is 12.8 Å². The van der Waals surface area contributed by atoms with Crippen molar-refractivity contribution in [2.24, 2.45) is 0 Å². The molecule has 2 atom stereocenters. The first-order chi connectivity index (χ1) is 10.7. The highest BCUT2D eigenvalue weighted by Crippen LogP contribution is 2.18. The Kier molecular flexibility index (Phi) is 5.68. The van der Waals surface area contributed by atoms with Gasteiger partial charge in [-0.3, -0.25) is 9.59 Å². The third-order valence-electron chi connectivity index (χ3n) is 3.64. The van der Waals surface area contributed by atoms with Crippen LogP contribution in [0.4, 0.5) is 0 Å². The van der Waals surface area contributed by atoms with E-state index in [1.54, 1.807) is 7.05 Å². The summed E-state index contributed by atoms with van der Waals surface area (Å²) in [5.41, 5.74) is 1.94. The van der Waals surface area contributed by atoms with Gasteiger partial charge in [0.05, 0.1) is 12.1 Å². The van der Waals surface area contributed by atoms with Crippen LogP contribution in [0.3, 0.4) is 0 Å². The lowest BCUT2D eigenvalue weighted by atomic mass is 10.1. The first-order valence-electron chi connectivity index (χ1n) is 7.20. The number of aromatic nitrogens is 1. The molecule has 0 saturated heterocycles.